The van der Waals surface area contributed by atoms with Crippen molar-refractivity contribution in [3.8, 4) is 17.2 Å². The van der Waals surface area contributed by atoms with Crippen LogP contribution in [0.3, 0.4) is 0 Å². The van der Waals surface area contributed by atoms with Crippen molar-refractivity contribution < 1.29 is 28.5 Å². The molecule has 0 saturated heterocycles. The van der Waals surface area contributed by atoms with E-state index in [0.29, 0.717) is 36.1 Å². The molecule has 26 heavy (non-hydrogen) atoms. The SMILES string of the molecule is C[C@H](OC(=O)COc1ccccc1)C(=O)Nc1ccc2c(c1)OCCO2. The Morgan fingerprint density at radius 3 is 2.58 bits per heavy atom. The van der Waals surface area contributed by atoms with E-state index in [0.717, 1.165) is 0 Å². The summed E-state index contributed by atoms with van der Waals surface area (Å²) in [4.78, 5) is 24.0. The lowest BCUT2D eigenvalue weighted by Gasteiger charge is -2.19. The third kappa shape index (κ3) is 4.66. The second-order valence-electron chi connectivity index (χ2n) is 5.58. The van der Waals surface area contributed by atoms with Gasteiger partial charge in [-0.1, -0.05) is 18.2 Å². The maximum atomic E-state index is 12.2. The lowest BCUT2D eigenvalue weighted by atomic mass is 10.2. The highest BCUT2D eigenvalue weighted by Crippen LogP contribution is 2.32. The minimum atomic E-state index is -0.963. The third-order valence-electron chi connectivity index (χ3n) is 3.59. The molecule has 136 valence electrons. The van der Waals surface area contributed by atoms with E-state index in [1.807, 2.05) is 6.07 Å². The number of esters is 1. The number of carbonyl (C=O) groups excluding carboxylic acids is 2. The van der Waals surface area contributed by atoms with Gasteiger partial charge in [0.15, 0.2) is 24.2 Å². The molecule has 0 fully saturated rings. The smallest absolute Gasteiger partial charge is 0.344 e. The quantitative estimate of drug-likeness (QED) is 0.800. The molecule has 0 aromatic heterocycles. The molecule has 1 atom stereocenters. The number of hydrogen-bond donors (Lipinski definition) is 1. The topological polar surface area (TPSA) is 83.1 Å². The first-order chi connectivity index (χ1) is 12.6. The van der Waals surface area contributed by atoms with Crippen molar-refractivity contribution >= 4 is 17.6 Å². The van der Waals surface area contributed by atoms with Crippen LogP contribution in [0.4, 0.5) is 5.69 Å². The van der Waals surface area contributed by atoms with Crippen LogP contribution in [-0.2, 0) is 14.3 Å². The van der Waals surface area contributed by atoms with Gasteiger partial charge in [-0.15, -0.1) is 0 Å². The van der Waals surface area contributed by atoms with Crippen LogP contribution in [0.5, 0.6) is 17.2 Å². The molecule has 3 rings (SSSR count). The molecule has 0 spiro atoms. The van der Waals surface area contributed by atoms with Gasteiger partial charge < -0.3 is 24.3 Å². The highest BCUT2D eigenvalue weighted by atomic mass is 16.6. The number of ether oxygens (including phenoxy) is 4. The summed E-state index contributed by atoms with van der Waals surface area (Å²) in [7, 11) is 0. The van der Waals surface area contributed by atoms with Gasteiger partial charge >= 0.3 is 5.97 Å². The fourth-order valence-electron chi connectivity index (χ4n) is 2.31. The van der Waals surface area contributed by atoms with E-state index in [9.17, 15) is 9.59 Å². The minimum absolute atomic E-state index is 0.272. The Hall–Kier alpha value is -3.22. The molecular weight excluding hydrogens is 338 g/mol. The van der Waals surface area contributed by atoms with Crippen molar-refractivity contribution in [2.75, 3.05) is 25.1 Å². The molecule has 7 nitrogen and oxygen atoms in total. The van der Waals surface area contributed by atoms with E-state index >= 15 is 0 Å². The van der Waals surface area contributed by atoms with E-state index < -0.39 is 18.0 Å². The molecule has 7 heteroatoms. The summed E-state index contributed by atoms with van der Waals surface area (Å²) >= 11 is 0. The standard InChI is InChI=1S/C19H19NO6/c1-13(26-18(21)12-25-15-5-3-2-4-6-15)19(22)20-14-7-8-16-17(11-14)24-10-9-23-16/h2-8,11,13H,9-10,12H2,1H3,(H,20,22)/t13-/m0/s1. The first-order valence-electron chi connectivity index (χ1n) is 8.19. The van der Waals surface area contributed by atoms with Crippen molar-refractivity contribution in [2.45, 2.75) is 13.0 Å². The molecule has 1 heterocycles. The van der Waals surface area contributed by atoms with Gasteiger partial charge in [0.2, 0.25) is 0 Å². The Kier molecular flexibility index (Phi) is 5.58. The zero-order valence-electron chi connectivity index (χ0n) is 14.3. The normalized spacial score (nSPS) is 13.4. The summed E-state index contributed by atoms with van der Waals surface area (Å²) in [6.45, 7) is 2.18. The molecule has 1 aliphatic rings. The average Bonchev–Trinajstić information content (AvgIpc) is 2.67. The first kappa shape index (κ1) is 17.6. The first-order valence-corrected chi connectivity index (χ1v) is 8.19. The van der Waals surface area contributed by atoms with Crippen LogP contribution in [0.2, 0.25) is 0 Å². The van der Waals surface area contributed by atoms with E-state index in [2.05, 4.69) is 5.32 Å². The molecule has 2 aromatic carbocycles. The van der Waals surface area contributed by atoms with Gasteiger partial charge in [-0.05, 0) is 31.2 Å². The summed E-state index contributed by atoms with van der Waals surface area (Å²) in [5.41, 5.74) is 0.530. The summed E-state index contributed by atoms with van der Waals surface area (Å²) in [5, 5.41) is 2.68. The second kappa shape index (κ2) is 8.24. The molecule has 0 unspecified atom stereocenters. The molecule has 0 bridgehead atoms. The van der Waals surface area contributed by atoms with Gasteiger partial charge in [-0.25, -0.2) is 4.79 Å². The Morgan fingerprint density at radius 1 is 1.08 bits per heavy atom. The molecule has 0 saturated carbocycles. The number of benzene rings is 2. The summed E-state index contributed by atoms with van der Waals surface area (Å²) in [6.07, 6.45) is -0.963. The molecular formula is C19H19NO6. The number of rotatable bonds is 6. The van der Waals surface area contributed by atoms with Crippen LogP contribution in [0, 0.1) is 0 Å². The van der Waals surface area contributed by atoms with Crippen molar-refractivity contribution in [3.63, 3.8) is 0 Å². The largest absolute Gasteiger partial charge is 0.486 e. The Morgan fingerprint density at radius 2 is 1.81 bits per heavy atom. The number of nitrogens with one attached hydrogen (secondary N) is 1. The van der Waals surface area contributed by atoms with Crippen LogP contribution in [0.25, 0.3) is 0 Å². The van der Waals surface area contributed by atoms with E-state index in [1.54, 1.807) is 42.5 Å². The van der Waals surface area contributed by atoms with Gasteiger partial charge in [-0.2, -0.15) is 0 Å². The number of para-hydroxylation sites is 1. The molecule has 1 N–H and O–H groups in total. The van der Waals surface area contributed by atoms with Crippen LogP contribution >= 0.6 is 0 Å². The van der Waals surface area contributed by atoms with Crippen LogP contribution in [0.1, 0.15) is 6.92 Å². The molecule has 0 aliphatic carbocycles. The van der Waals surface area contributed by atoms with Gasteiger partial charge in [0, 0.05) is 11.8 Å². The fraction of sp³-hybridized carbons (Fsp3) is 0.263. The zero-order valence-corrected chi connectivity index (χ0v) is 14.3. The predicted molar refractivity (Wildman–Crippen MR) is 93.6 cm³/mol. The average molecular weight is 357 g/mol. The van der Waals surface area contributed by atoms with Crippen molar-refractivity contribution in [2.24, 2.45) is 0 Å². The van der Waals surface area contributed by atoms with Crippen LogP contribution in [0.15, 0.2) is 48.5 Å². The zero-order chi connectivity index (χ0) is 18.4. The Labute approximate surface area is 150 Å². The minimum Gasteiger partial charge on any atom is -0.486 e. The highest BCUT2D eigenvalue weighted by molar-refractivity contribution is 5.95. The summed E-state index contributed by atoms with van der Waals surface area (Å²) in [6, 6.07) is 14.0. The number of carbonyl (C=O) groups is 2. The lowest BCUT2D eigenvalue weighted by Crippen LogP contribution is -2.31. The fourth-order valence-corrected chi connectivity index (χ4v) is 2.31. The van der Waals surface area contributed by atoms with Crippen molar-refractivity contribution in [1.29, 1.82) is 0 Å². The Bertz CT molecular complexity index is 777. The van der Waals surface area contributed by atoms with Crippen molar-refractivity contribution in [3.05, 3.63) is 48.5 Å². The third-order valence-corrected chi connectivity index (χ3v) is 3.59. The summed E-state index contributed by atoms with van der Waals surface area (Å²) < 4.78 is 21.3. The number of amides is 1. The van der Waals surface area contributed by atoms with Gasteiger partial charge in [0.25, 0.3) is 5.91 Å². The van der Waals surface area contributed by atoms with E-state index in [-0.39, 0.29) is 6.61 Å². The summed E-state index contributed by atoms with van der Waals surface area (Å²) in [5.74, 6) is 0.674. The van der Waals surface area contributed by atoms with Gasteiger partial charge in [-0.3, -0.25) is 4.79 Å². The maximum Gasteiger partial charge on any atom is 0.344 e. The van der Waals surface area contributed by atoms with Crippen LogP contribution in [-0.4, -0.2) is 37.8 Å². The van der Waals surface area contributed by atoms with Crippen molar-refractivity contribution in [1.82, 2.24) is 0 Å². The molecule has 1 amide bonds. The molecule has 1 aliphatic heterocycles. The number of anilines is 1. The monoisotopic (exact) mass is 357 g/mol. The lowest BCUT2D eigenvalue weighted by molar-refractivity contribution is -0.155. The number of fused-ring (bicyclic) bond motifs is 1. The molecule has 2 aromatic rings. The van der Waals surface area contributed by atoms with E-state index in [4.69, 9.17) is 18.9 Å². The highest BCUT2D eigenvalue weighted by Gasteiger charge is 2.19. The van der Waals surface area contributed by atoms with E-state index in [1.165, 1.54) is 6.92 Å². The number of hydrogen-bond acceptors (Lipinski definition) is 6. The predicted octanol–water partition coefficient (Wildman–Crippen LogP) is 2.41. The maximum absolute atomic E-state index is 12.2. The Balaban J connectivity index is 1.49. The van der Waals surface area contributed by atoms with Gasteiger partial charge in [0.05, 0.1) is 0 Å². The second-order valence-corrected chi connectivity index (χ2v) is 5.58. The van der Waals surface area contributed by atoms with Crippen LogP contribution < -0.4 is 19.5 Å². The van der Waals surface area contributed by atoms with Gasteiger partial charge in [0.1, 0.15) is 19.0 Å². The molecule has 0 radical (unpaired) electrons.